The molecule has 0 spiro atoms. The topological polar surface area (TPSA) is 67.8 Å². The third kappa shape index (κ3) is 12.8. The van der Waals surface area contributed by atoms with Gasteiger partial charge in [-0.15, -0.1) is 0 Å². The first-order valence-electron chi connectivity index (χ1n) is 8.27. The molecule has 2 unspecified atom stereocenters. The molecule has 2 atom stereocenters. The molecule has 5 heteroatoms. The zero-order chi connectivity index (χ0) is 15.9. The van der Waals surface area contributed by atoms with Gasteiger partial charge in [-0.3, -0.25) is 4.79 Å². The van der Waals surface area contributed by atoms with Crippen LogP contribution in [0.25, 0.3) is 0 Å². The lowest BCUT2D eigenvalue weighted by Gasteiger charge is -2.16. The molecule has 0 aliphatic carbocycles. The number of aliphatic hydroxyl groups excluding tert-OH is 1. The Bertz CT molecular complexity index is 248. The van der Waals surface area contributed by atoms with Gasteiger partial charge < -0.3 is 19.9 Å². The molecule has 5 nitrogen and oxygen atoms in total. The van der Waals surface area contributed by atoms with Gasteiger partial charge >= 0.3 is 5.97 Å². The van der Waals surface area contributed by atoms with Crippen molar-refractivity contribution in [3.63, 3.8) is 0 Å². The number of nitrogens with one attached hydrogen (secondary N) is 1. The highest BCUT2D eigenvalue weighted by Crippen LogP contribution is 2.04. The summed E-state index contributed by atoms with van der Waals surface area (Å²) in [5, 5.41) is 12.7. The Labute approximate surface area is 129 Å². The summed E-state index contributed by atoms with van der Waals surface area (Å²) in [6.07, 6.45) is 6.77. The molecule has 126 valence electrons. The molecule has 0 aliphatic rings. The van der Waals surface area contributed by atoms with E-state index in [1.54, 1.807) is 13.8 Å². The van der Waals surface area contributed by atoms with Crippen LogP contribution in [0.2, 0.25) is 0 Å². The first-order valence-corrected chi connectivity index (χ1v) is 8.27. The minimum absolute atomic E-state index is 0.294. The Hall–Kier alpha value is -0.650. The molecule has 21 heavy (non-hydrogen) atoms. The minimum atomic E-state index is -0.595. The Morgan fingerprint density at radius 3 is 2.48 bits per heavy atom. The fraction of sp³-hybridized carbons (Fsp3) is 0.938. The first-order chi connectivity index (χ1) is 10.1. The molecule has 0 saturated carbocycles. The third-order valence-corrected chi connectivity index (χ3v) is 3.25. The molecule has 0 aromatic rings. The van der Waals surface area contributed by atoms with Gasteiger partial charge in [0.1, 0.15) is 6.04 Å². The van der Waals surface area contributed by atoms with E-state index in [2.05, 4.69) is 12.2 Å². The summed E-state index contributed by atoms with van der Waals surface area (Å²) < 4.78 is 10.3. The molecule has 0 aliphatic heterocycles. The number of hydrogen-bond acceptors (Lipinski definition) is 5. The summed E-state index contributed by atoms with van der Waals surface area (Å²) in [6.45, 7) is 7.40. The van der Waals surface area contributed by atoms with Gasteiger partial charge in [0.25, 0.3) is 0 Å². The molecule has 0 rings (SSSR count). The van der Waals surface area contributed by atoms with Crippen LogP contribution >= 0.6 is 0 Å². The van der Waals surface area contributed by atoms with Crippen molar-refractivity contribution < 1.29 is 19.4 Å². The zero-order valence-corrected chi connectivity index (χ0v) is 13.9. The van der Waals surface area contributed by atoms with Crippen LogP contribution in [0, 0.1) is 0 Å². The van der Waals surface area contributed by atoms with Crippen LogP contribution in [0.4, 0.5) is 0 Å². The van der Waals surface area contributed by atoms with E-state index in [0.717, 1.165) is 6.42 Å². The Morgan fingerprint density at radius 1 is 1.14 bits per heavy atom. The fourth-order valence-electron chi connectivity index (χ4n) is 1.93. The molecule has 0 fully saturated rings. The maximum atomic E-state index is 11.4. The van der Waals surface area contributed by atoms with Gasteiger partial charge in [-0.25, -0.2) is 0 Å². The Kier molecular flexibility index (Phi) is 13.9. The summed E-state index contributed by atoms with van der Waals surface area (Å²) in [5.41, 5.74) is 0. The third-order valence-electron chi connectivity index (χ3n) is 3.25. The molecule has 0 saturated heterocycles. The van der Waals surface area contributed by atoms with Gasteiger partial charge in [-0.2, -0.15) is 0 Å². The smallest absolute Gasteiger partial charge is 0.322 e. The lowest BCUT2D eigenvalue weighted by Crippen LogP contribution is -2.41. The Balaban J connectivity index is 3.41. The zero-order valence-electron chi connectivity index (χ0n) is 13.9. The first kappa shape index (κ1) is 20.3. The molecule has 2 N–H and O–H groups in total. The lowest BCUT2D eigenvalue weighted by atomic mass is 10.1. The predicted molar refractivity (Wildman–Crippen MR) is 84.3 cm³/mol. The monoisotopic (exact) mass is 303 g/mol. The minimum Gasteiger partial charge on any atom is -0.465 e. The number of esters is 1. The van der Waals surface area contributed by atoms with Crippen molar-refractivity contribution in [1.82, 2.24) is 5.32 Å². The molecular weight excluding hydrogens is 270 g/mol. The average Bonchev–Trinajstić information content (AvgIpc) is 2.47. The lowest BCUT2D eigenvalue weighted by molar-refractivity contribution is -0.145. The SMILES string of the molecule is CCCCCCCCOCC(O)CNC(C)C(=O)OCC. The van der Waals surface area contributed by atoms with E-state index in [9.17, 15) is 9.90 Å². The normalized spacial score (nSPS) is 13.9. The molecular formula is C16H33NO4. The standard InChI is InChI=1S/C16H33NO4/c1-4-6-7-8-9-10-11-20-13-15(18)12-17-14(3)16(19)21-5-2/h14-15,17-18H,4-13H2,1-3H3. The van der Waals surface area contributed by atoms with Gasteiger partial charge in [-0.05, 0) is 20.3 Å². The average molecular weight is 303 g/mol. The molecule has 0 amide bonds. The van der Waals surface area contributed by atoms with Crippen molar-refractivity contribution in [2.45, 2.75) is 71.4 Å². The highest BCUT2D eigenvalue weighted by molar-refractivity contribution is 5.75. The van der Waals surface area contributed by atoms with E-state index in [4.69, 9.17) is 9.47 Å². The molecule has 0 aromatic heterocycles. The summed E-state index contributed by atoms with van der Waals surface area (Å²) >= 11 is 0. The van der Waals surface area contributed by atoms with Crippen LogP contribution in [-0.2, 0) is 14.3 Å². The second-order valence-corrected chi connectivity index (χ2v) is 5.38. The van der Waals surface area contributed by atoms with Crippen molar-refractivity contribution in [2.24, 2.45) is 0 Å². The van der Waals surface area contributed by atoms with E-state index in [0.29, 0.717) is 26.4 Å². The van der Waals surface area contributed by atoms with Gasteiger partial charge in [-0.1, -0.05) is 39.0 Å². The number of carbonyl (C=O) groups excluding carboxylic acids is 1. The summed E-state index contributed by atoms with van der Waals surface area (Å²) in [4.78, 5) is 11.4. The largest absolute Gasteiger partial charge is 0.465 e. The summed E-state index contributed by atoms with van der Waals surface area (Å²) in [6, 6.07) is -0.404. The van der Waals surface area contributed by atoms with Crippen LogP contribution in [-0.4, -0.2) is 49.6 Å². The van der Waals surface area contributed by atoms with E-state index in [1.807, 2.05) is 0 Å². The maximum Gasteiger partial charge on any atom is 0.322 e. The van der Waals surface area contributed by atoms with Gasteiger partial charge in [0.05, 0.1) is 19.3 Å². The number of ether oxygens (including phenoxy) is 2. The Morgan fingerprint density at radius 2 is 1.81 bits per heavy atom. The van der Waals surface area contributed by atoms with Crippen LogP contribution in [0.3, 0.4) is 0 Å². The second-order valence-electron chi connectivity index (χ2n) is 5.38. The van der Waals surface area contributed by atoms with Crippen molar-refractivity contribution in [1.29, 1.82) is 0 Å². The summed E-state index contributed by atoms with van der Waals surface area (Å²) in [5.74, 6) is -0.294. The quantitative estimate of drug-likeness (QED) is 0.380. The number of unbranched alkanes of at least 4 members (excludes halogenated alkanes) is 5. The molecule has 0 radical (unpaired) electrons. The van der Waals surface area contributed by atoms with Crippen LogP contribution in [0.15, 0.2) is 0 Å². The maximum absolute atomic E-state index is 11.4. The van der Waals surface area contributed by atoms with Crippen molar-refractivity contribution in [3.8, 4) is 0 Å². The van der Waals surface area contributed by atoms with Crippen LogP contribution < -0.4 is 5.32 Å². The summed E-state index contributed by atoms with van der Waals surface area (Å²) in [7, 11) is 0. The number of carbonyl (C=O) groups is 1. The highest BCUT2D eigenvalue weighted by atomic mass is 16.5. The fourth-order valence-corrected chi connectivity index (χ4v) is 1.93. The number of hydrogen-bond donors (Lipinski definition) is 2. The molecule has 0 aromatic carbocycles. The van der Waals surface area contributed by atoms with E-state index in [-0.39, 0.29) is 5.97 Å². The van der Waals surface area contributed by atoms with E-state index in [1.165, 1.54) is 32.1 Å². The van der Waals surface area contributed by atoms with Gasteiger partial charge in [0.15, 0.2) is 0 Å². The number of aliphatic hydroxyl groups is 1. The predicted octanol–water partition coefficient (Wildman–Crippen LogP) is 2.27. The second kappa shape index (κ2) is 14.3. The van der Waals surface area contributed by atoms with Crippen LogP contribution in [0.1, 0.15) is 59.3 Å². The van der Waals surface area contributed by atoms with E-state index < -0.39 is 12.1 Å². The van der Waals surface area contributed by atoms with Gasteiger partial charge in [0, 0.05) is 13.2 Å². The number of rotatable bonds is 14. The van der Waals surface area contributed by atoms with Crippen molar-refractivity contribution >= 4 is 5.97 Å². The highest BCUT2D eigenvalue weighted by Gasteiger charge is 2.14. The molecule has 0 bridgehead atoms. The van der Waals surface area contributed by atoms with Crippen LogP contribution in [0.5, 0.6) is 0 Å². The van der Waals surface area contributed by atoms with Crippen molar-refractivity contribution in [2.75, 3.05) is 26.4 Å². The van der Waals surface area contributed by atoms with Crippen molar-refractivity contribution in [3.05, 3.63) is 0 Å². The molecule has 0 heterocycles. The van der Waals surface area contributed by atoms with E-state index >= 15 is 0 Å². The van der Waals surface area contributed by atoms with Gasteiger partial charge in [0.2, 0.25) is 0 Å².